The van der Waals surface area contributed by atoms with E-state index in [4.69, 9.17) is 20.6 Å². The molecule has 1 heterocycles. The van der Waals surface area contributed by atoms with E-state index in [1.807, 2.05) is 6.07 Å². The van der Waals surface area contributed by atoms with Crippen molar-refractivity contribution in [2.75, 3.05) is 33.9 Å². The zero-order chi connectivity index (χ0) is 19.3. The lowest BCUT2D eigenvalue weighted by molar-refractivity contribution is -0.0703. The predicted molar refractivity (Wildman–Crippen MR) is 112 cm³/mol. The molecule has 0 amide bonds. The van der Waals surface area contributed by atoms with Crippen molar-refractivity contribution < 1.29 is 19.3 Å². The van der Waals surface area contributed by atoms with E-state index in [1.54, 1.807) is 14.2 Å². The SMILES string of the molecule is C#CC1(OCC(O)CN2CCc3cc(OC)c(OC)cc3C2)CCCCC1.Cl. The molecule has 5 nitrogen and oxygen atoms in total. The highest BCUT2D eigenvalue weighted by atomic mass is 35.5. The molecular weight excluding hydrogens is 378 g/mol. The summed E-state index contributed by atoms with van der Waals surface area (Å²) in [6.07, 6.45) is 11.3. The van der Waals surface area contributed by atoms with Crippen molar-refractivity contribution in [3.8, 4) is 23.8 Å². The summed E-state index contributed by atoms with van der Waals surface area (Å²) in [4.78, 5) is 2.26. The number of aliphatic hydroxyl groups is 1. The first-order valence-corrected chi connectivity index (χ1v) is 9.85. The average Bonchev–Trinajstić information content (AvgIpc) is 2.71. The minimum absolute atomic E-state index is 0. The largest absolute Gasteiger partial charge is 0.493 e. The number of methoxy groups -OCH3 is 2. The van der Waals surface area contributed by atoms with Crippen molar-refractivity contribution in [2.45, 2.75) is 56.8 Å². The Hall–Kier alpha value is -1.45. The number of hydrogen-bond donors (Lipinski definition) is 1. The average molecular weight is 410 g/mol. The summed E-state index contributed by atoms with van der Waals surface area (Å²) in [7, 11) is 3.31. The van der Waals surface area contributed by atoms with Crippen LogP contribution in [0.15, 0.2) is 12.1 Å². The van der Waals surface area contributed by atoms with Crippen molar-refractivity contribution in [1.82, 2.24) is 4.90 Å². The second-order valence-electron chi connectivity index (χ2n) is 7.63. The van der Waals surface area contributed by atoms with Crippen LogP contribution in [0.2, 0.25) is 0 Å². The molecular formula is C22H32ClNO4. The van der Waals surface area contributed by atoms with Gasteiger partial charge in [-0.15, -0.1) is 18.8 Å². The van der Waals surface area contributed by atoms with E-state index in [9.17, 15) is 5.11 Å². The molecule has 0 saturated heterocycles. The molecule has 0 radical (unpaired) electrons. The number of rotatable bonds is 7. The molecule has 2 aliphatic rings. The zero-order valence-electron chi connectivity index (χ0n) is 16.9. The van der Waals surface area contributed by atoms with Crippen molar-refractivity contribution >= 4 is 12.4 Å². The molecule has 1 atom stereocenters. The third kappa shape index (κ3) is 5.33. The van der Waals surface area contributed by atoms with E-state index >= 15 is 0 Å². The number of fused-ring (bicyclic) bond motifs is 1. The monoisotopic (exact) mass is 409 g/mol. The molecule has 1 aliphatic heterocycles. The van der Waals surface area contributed by atoms with Crippen LogP contribution in [0, 0.1) is 12.3 Å². The molecule has 6 heteroatoms. The van der Waals surface area contributed by atoms with Gasteiger partial charge in [0.1, 0.15) is 5.60 Å². The number of β-amino-alcohol motifs (C(OH)–C–C–N with tert-alkyl or cyclic N) is 1. The van der Waals surface area contributed by atoms with Crippen LogP contribution in [0.4, 0.5) is 0 Å². The number of terminal acetylenes is 1. The molecule has 156 valence electrons. The standard InChI is InChI=1S/C22H31NO4.ClH/c1-4-22(9-6-5-7-10-22)27-16-19(24)15-23-11-8-17-12-20(25-2)21(26-3)13-18(17)14-23;/h1,12-13,19,24H,5-11,14-16H2,2-3H3;1H. The number of aliphatic hydroxyl groups excluding tert-OH is 1. The number of ether oxygens (including phenoxy) is 3. The van der Waals surface area contributed by atoms with Gasteiger partial charge in [-0.25, -0.2) is 0 Å². The van der Waals surface area contributed by atoms with Gasteiger partial charge in [0, 0.05) is 19.6 Å². The van der Waals surface area contributed by atoms with Crippen LogP contribution in [-0.4, -0.2) is 55.6 Å². The fourth-order valence-electron chi connectivity index (χ4n) is 4.16. The van der Waals surface area contributed by atoms with Crippen LogP contribution in [0.3, 0.4) is 0 Å². The lowest BCUT2D eigenvalue weighted by Crippen LogP contribution is -2.41. The normalized spacial score (nSPS) is 19.6. The summed E-state index contributed by atoms with van der Waals surface area (Å²) >= 11 is 0. The van der Waals surface area contributed by atoms with Crippen molar-refractivity contribution in [1.29, 1.82) is 0 Å². The lowest BCUT2D eigenvalue weighted by atomic mass is 9.85. The summed E-state index contributed by atoms with van der Waals surface area (Å²) in [5.74, 6) is 4.35. The van der Waals surface area contributed by atoms with Gasteiger partial charge in [-0.1, -0.05) is 12.3 Å². The molecule has 1 N–H and O–H groups in total. The van der Waals surface area contributed by atoms with Crippen molar-refractivity contribution in [3.05, 3.63) is 23.3 Å². The maximum absolute atomic E-state index is 10.5. The number of benzene rings is 1. The first-order chi connectivity index (χ1) is 13.1. The maximum atomic E-state index is 10.5. The minimum atomic E-state index is -0.543. The van der Waals surface area contributed by atoms with E-state index in [0.717, 1.165) is 56.7 Å². The molecule has 1 unspecified atom stereocenters. The van der Waals surface area contributed by atoms with Crippen LogP contribution in [0.25, 0.3) is 0 Å². The van der Waals surface area contributed by atoms with Gasteiger partial charge in [-0.3, -0.25) is 4.90 Å². The third-order valence-corrected chi connectivity index (χ3v) is 5.74. The first kappa shape index (κ1) is 22.8. The molecule has 1 saturated carbocycles. The molecule has 3 rings (SSSR count). The quantitative estimate of drug-likeness (QED) is 0.701. The lowest BCUT2D eigenvalue weighted by Gasteiger charge is -2.35. The van der Waals surface area contributed by atoms with E-state index in [-0.39, 0.29) is 12.4 Å². The second kappa shape index (κ2) is 10.4. The summed E-state index contributed by atoms with van der Waals surface area (Å²) in [6.45, 7) is 2.56. The molecule has 1 aromatic carbocycles. The van der Waals surface area contributed by atoms with E-state index in [2.05, 4.69) is 16.9 Å². The van der Waals surface area contributed by atoms with Crippen molar-refractivity contribution in [3.63, 3.8) is 0 Å². The number of hydrogen-bond acceptors (Lipinski definition) is 5. The summed E-state index contributed by atoms with van der Waals surface area (Å²) in [6, 6.07) is 4.10. The Morgan fingerprint density at radius 3 is 2.39 bits per heavy atom. The summed E-state index contributed by atoms with van der Waals surface area (Å²) < 4.78 is 16.8. The third-order valence-electron chi connectivity index (χ3n) is 5.74. The molecule has 0 bridgehead atoms. The molecule has 1 fully saturated rings. The van der Waals surface area contributed by atoms with Gasteiger partial charge in [0.2, 0.25) is 0 Å². The fourth-order valence-corrected chi connectivity index (χ4v) is 4.16. The van der Waals surface area contributed by atoms with Crippen molar-refractivity contribution in [2.24, 2.45) is 0 Å². The van der Waals surface area contributed by atoms with Crippen LogP contribution in [0.1, 0.15) is 43.2 Å². The van der Waals surface area contributed by atoms with Gasteiger partial charge in [-0.2, -0.15) is 0 Å². The highest BCUT2D eigenvalue weighted by Gasteiger charge is 2.31. The topological polar surface area (TPSA) is 51.2 Å². The highest BCUT2D eigenvalue weighted by molar-refractivity contribution is 5.85. The number of nitrogens with zero attached hydrogens (tertiary/aromatic N) is 1. The van der Waals surface area contributed by atoms with Gasteiger partial charge in [0.25, 0.3) is 0 Å². The van der Waals surface area contributed by atoms with Gasteiger partial charge >= 0.3 is 0 Å². The Morgan fingerprint density at radius 2 is 1.79 bits per heavy atom. The fraction of sp³-hybridized carbons (Fsp3) is 0.636. The van der Waals surface area contributed by atoms with Crippen LogP contribution < -0.4 is 9.47 Å². The molecule has 1 aliphatic carbocycles. The maximum Gasteiger partial charge on any atom is 0.161 e. The second-order valence-corrected chi connectivity index (χ2v) is 7.63. The molecule has 1 aromatic rings. The Labute approximate surface area is 174 Å². The minimum Gasteiger partial charge on any atom is -0.493 e. The van der Waals surface area contributed by atoms with Crippen LogP contribution in [0.5, 0.6) is 11.5 Å². The summed E-state index contributed by atoms with van der Waals surface area (Å²) in [5.41, 5.74) is 2.03. The smallest absolute Gasteiger partial charge is 0.161 e. The predicted octanol–water partition coefficient (Wildman–Crippen LogP) is 3.20. The van der Waals surface area contributed by atoms with Gasteiger partial charge < -0.3 is 19.3 Å². The Balaban J connectivity index is 0.00000280. The Bertz CT molecular complexity index is 682. The van der Waals surface area contributed by atoms with E-state index in [0.29, 0.717) is 13.2 Å². The Kier molecular flexibility index (Phi) is 8.45. The number of halogens is 1. The van der Waals surface area contributed by atoms with Gasteiger partial charge in [0.15, 0.2) is 11.5 Å². The van der Waals surface area contributed by atoms with Crippen LogP contribution >= 0.6 is 12.4 Å². The van der Waals surface area contributed by atoms with Crippen LogP contribution in [-0.2, 0) is 17.7 Å². The van der Waals surface area contributed by atoms with Gasteiger partial charge in [-0.05, 0) is 55.4 Å². The van der Waals surface area contributed by atoms with Gasteiger partial charge in [0.05, 0.1) is 26.9 Å². The van der Waals surface area contributed by atoms with E-state index < -0.39 is 11.7 Å². The molecule has 28 heavy (non-hydrogen) atoms. The zero-order valence-corrected chi connectivity index (χ0v) is 17.7. The van der Waals surface area contributed by atoms with E-state index in [1.165, 1.54) is 17.5 Å². The summed E-state index contributed by atoms with van der Waals surface area (Å²) in [5, 5.41) is 10.5. The Morgan fingerprint density at radius 1 is 1.14 bits per heavy atom. The molecule has 0 spiro atoms. The molecule has 0 aromatic heterocycles. The first-order valence-electron chi connectivity index (χ1n) is 9.85. The highest BCUT2D eigenvalue weighted by Crippen LogP contribution is 2.34.